The van der Waals surface area contributed by atoms with Crippen molar-refractivity contribution >= 4 is 23.1 Å². The molecule has 1 unspecified atom stereocenters. The van der Waals surface area contributed by atoms with Crippen molar-refractivity contribution < 1.29 is 33.6 Å². The summed E-state index contributed by atoms with van der Waals surface area (Å²) in [7, 11) is 3.04. The van der Waals surface area contributed by atoms with Crippen molar-refractivity contribution in [1.82, 2.24) is 0 Å². The van der Waals surface area contributed by atoms with Gasteiger partial charge in [0, 0.05) is 17.3 Å². The number of ether oxygens (including phenoxy) is 4. The van der Waals surface area contributed by atoms with Gasteiger partial charge in [0.05, 0.1) is 39.0 Å². The van der Waals surface area contributed by atoms with Gasteiger partial charge in [-0.25, -0.2) is 0 Å². The lowest BCUT2D eigenvalue weighted by Crippen LogP contribution is -2.29. The molecule has 1 fully saturated rings. The first-order valence-corrected chi connectivity index (χ1v) is 13.3. The maximum absolute atomic E-state index is 13.6. The van der Waals surface area contributed by atoms with Gasteiger partial charge in [-0.1, -0.05) is 26.0 Å². The highest BCUT2D eigenvalue weighted by Gasteiger charge is 2.47. The van der Waals surface area contributed by atoms with Crippen molar-refractivity contribution in [2.75, 3.05) is 32.3 Å². The molecule has 1 N–H and O–H groups in total. The smallest absolute Gasteiger partial charge is 0.300 e. The normalized spacial score (nSPS) is 16.4. The molecule has 8 heteroatoms. The Kier molecular flexibility index (Phi) is 8.67. The molecule has 210 valence electrons. The Bertz CT molecular complexity index is 1440. The standard InChI is InChI=1S/C32H35NO7/c1-7-39-23-11-9-10-22(18-23)33-29(20-12-15-26(37-5)27(17-20)38-6)28(31(35)32(33)36)30(34)21-13-14-25(40-8-2)24(16-21)19(3)4/h9-19,29,34H,7-8H2,1-6H3/b30-28+. The van der Waals surface area contributed by atoms with Crippen LogP contribution < -0.4 is 23.8 Å². The second-order valence-corrected chi connectivity index (χ2v) is 9.55. The second-order valence-electron chi connectivity index (χ2n) is 9.55. The van der Waals surface area contributed by atoms with E-state index in [9.17, 15) is 14.7 Å². The molecule has 1 aliphatic heterocycles. The molecule has 1 saturated heterocycles. The summed E-state index contributed by atoms with van der Waals surface area (Å²) in [6, 6.07) is 16.5. The van der Waals surface area contributed by atoms with Crippen LogP contribution in [0, 0.1) is 0 Å². The van der Waals surface area contributed by atoms with Crippen molar-refractivity contribution in [3.05, 3.63) is 82.9 Å². The predicted octanol–water partition coefficient (Wildman–Crippen LogP) is 6.25. The minimum Gasteiger partial charge on any atom is -0.507 e. The van der Waals surface area contributed by atoms with Crippen LogP contribution >= 0.6 is 0 Å². The van der Waals surface area contributed by atoms with Crippen LogP contribution in [0.2, 0.25) is 0 Å². The third-order valence-corrected chi connectivity index (χ3v) is 6.78. The summed E-state index contributed by atoms with van der Waals surface area (Å²) in [5, 5.41) is 11.7. The summed E-state index contributed by atoms with van der Waals surface area (Å²) in [6.45, 7) is 8.76. The number of ketones is 1. The Morgan fingerprint density at radius 1 is 0.875 bits per heavy atom. The Morgan fingerprint density at radius 2 is 1.57 bits per heavy atom. The third-order valence-electron chi connectivity index (χ3n) is 6.78. The van der Waals surface area contributed by atoms with Crippen LogP contribution in [0.25, 0.3) is 5.76 Å². The van der Waals surface area contributed by atoms with Gasteiger partial charge in [-0.15, -0.1) is 0 Å². The van der Waals surface area contributed by atoms with E-state index < -0.39 is 17.7 Å². The Morgan fingerprint density at radius 3 is 2.23 bits per heavy atom. The van der Waals surface area contributed by atoms with Crippen LogP contribution in [0.1, 0.15) is 56.3 Å². The highest BCUT2D eigenvalue weighted by molar-refractivity contribution is 6.51. The first-order valence-electron chi connectivity index (χ1n) is 13.3. The average Bonchev–Trinajstić information content (AvgIpc) is 3.22. The van der Waals surface area contributed by atoms with Crippen molar-refractivity contribution in [3.8, 4) is 23.0 Å². The summed E-state index contributed by atoms with van der Waals surface area (Å²) >= 11 is 0. The molecule has 3 aromatic rings. The van der Waals surface area contributed by atoms with Gasteiger partial charge in [0.25, 0.3) is 11.7 Å². The van der Waals surface area contributed by atoms with Crippen molar-refractivity contribution in [2.45, 2.75) is 39.7 Å². The zero-order chi connectivity index (χ0) is 29.0. The second kappa shape index (κ2) is 12.2. The van der Waals surface area contributed by atoms with Gasteiger partial charge in [-0.05, 0) is 73.4 Å². The van der Waals surface area contributed by atoms with Crippen LogP contribution in [-0.2, 0) is 9.59 Å². The topological polar surface area (TPSA) is 94.5 Å². The number of nitrogens with zero attached hydrogens (tertiary/aromatic N) is 1. The number of hydrogen-bond donors (Lipinski definition) is 1. The number of methoxy groups -OCH3 is 2. The van der Waals surface area contributed by atoms with Crippen molar-refractivity contribution in [3.63, 3.8) is 0 Å². The van der Waals surface area contributed by atoms with Crippen molar-refractivity contribution in [1.29, 1.82) is 0 Å². The minimum absolute atomic E-state index is 0.0297. The fraction of sp³-hybridized carbons (Fsp3) is 0.312. The molecule has 3 aromatic carbocycles. The van der Waals surface area contributed by atoms with Crippen LogP contribution in [0.5, 0.6) is 23.0 Å². The Labute approximate surface area is 234 Å². The number of Topliss-reactive ketones (excluding diaryl/α,β-unsaturated/α-hetero) is 1. The van der Waals surface area contributed by atoms with E-state index in [2.05, 4.69) is 0 Å². The van der Waals surface area contributed by atoms with Gasteiger partial charge >= 0.3 is 0 Å². The first kappa shape index (κ1) is 28.5. The molecule has 0 radical (unpaired) electrons. The SMILES string of the molecule is CCOc1cccc(N2C(=O)C(=O)/C(=C(/O)c3ccc(OCC)c(C(C)C)c3)C2c2ccc(OC)c(OC)c2)c1. The largest absolute Gasteiger partial charge is 0.507 e. The molecule has 4 rings (SSSR count). The van der Waals surface area contributed by atoms with Gasteiger partial charge in [0.15, 0.2) is 11.5 Å². The van der Waals surface area contributed by atoms with Gasteiger partial charge in [0.2, 0.25) is 0 Å². The number of aliphatic hydroxyl groups is 1. The van der Waals surface area contributed by atoms with E-state index in [1.807, 2.05) is 27.7 Å². The molecule has 0 aliphatic carbocycles. The van der Waals surface area contributed by atoms with E-state index in [4.69, 9.17) is 18.9 Å². The summed E-state index contributed by atoms with van der Waals surface area (Å²) in [5.41, 5.74) is 2.29. The van der Waals surface area contributed by atoms with Gasteiger partial charge in [0.1, 0.15) is 17.3 Å². The lowest BCUT2D eigenvalue weighted by Gasteiger charge is -2.26. The number of anilines is 1. The monoisotopic (exact) mass is 545 g/mol. The zero-order valence-electron chi connectivity index (χ0n) is 23.7. The molecule has 1 aliphatic rings. The highest BCUT2D eigenvalue weighted by Crippen LogP contribution is 2.45. The molecule has 0 saturated carbocycles. The van der Waals surface area contributed by atoms with E-state index in [0.29, 0.717) is 53.0 Å². The molecule has 1 amide bonds. The van der Waals surface area contributed by atoms with E-state index in [-0.39, 0.29) is 17.3 Å². The number of amides is 1. The molecule has 1 atom stereocenters. The fourth-order valence-corrected chi connectivity index (χ4v) is 4.92. The van der Waals surface area contributed by atoms with Gasteiger partial charge in [-0.2, -0.15) is 0 Å². The first-order chi connectivity index (χ1) is 19.2. The summed E-state index contributed by atoms with van der Waals surface area (Å²) in [4.78, 5) is 28.6. The quantitative estimate of drug-likeness (QED) is 0.183. The lowest BCUT2D eigenvalue weighted by molar-refractivity contribution is -0.132. The summed E-state index contributed by atoms with van der Waals surface area (Å²) < 4.78 is 22.3. The van der Waals surface area contributed by atoms with Gasteiger partial charge in [-0.3, -0.25) is 14.5 Å². The minimum atomic E-state index is -0.939. The molecular weight excluding hydrogens is 510 g/mol. The zero-order valence-corrected chi connectivity index (χ0v) is 23.7. The summed E-state index contributed by atoms with van der Waals surface area (Å²) in [5.74, 6) is 0.460. The number of aliphatic hydroxyl groups excluding tert-OH is 1. The van der Waals surface area contributed by atoms with E-state index in [0.717, 1.165) is 5.56 Å². The van der Waals surface area contributed by atoms with E-state index in [1.165, 1.54) is 19.1 Å². The molecule has 40 heavy (non-hydrogen) atoms. The fourth-order valence-electron chi connectivity index (χ4n) is 4.92. The Hall–Kier alpha value is -4.46. The predicted molar refractivity (Wildman–Crippen MR) is 154 cm³/mol. The van der Waals surface area contributed by atoms with Crippen LogP contribution in [0.15, 0.2) is 66.2 Å². The molecule has 0 aromatic heterocycles. The average molecular weight is 546 g/mol. The summed E-state index contributed by atoms with van der Waals surface area (Å²) in [6.07, 6.45) is 0. The van der Waals surface area contributed by atoms with Crippen LogP contribution in [0.3, 0.4) is 0 Å². The lowest BCUT2D eigenvalue weighted by atomic mass is 9.93. The molecular formula is C32H35NO7. The number of benzene rings is 3. The maximum atomic E-state index is 13.6. The molecule has 8 nitrogen and oxygen atoms in total. The number of hydrogen-bond acceptors (Lipinski definition) is 7. The molecule has 0 bridgehead atoms. The third kappa shape index (κ3) is 5.34. The highest BCUT2D eigenvalue weighted by atomic mass is 16.5. The number of carbonyl (C=O) groups is 2. The number of rotatable bonds is 10. The van der Waals surface area contributed by atoms with Crippen molar-refractivity contribution in [2.24, 2.45) is 0 Å². The number of carbonyl (C=O) groups excluding carboxylic acids is 2. The van der Waals surface area contributed by atoms with Crippen LogP contribution in [0.4, 0.5) is 5.69 Å². The molecule has 1 heterocycles. The Balaban J connectivity index is 1.96. The molecule has 0 spiro atoms. The van der Waals surface area contributed by atoms with E-state index >= 15 is 0 Å². The van der Waals surface area contributed by atoms with Crippen LogP contribution in [-0.4, -0.2) is 44.2 Å². The maximum Gasteiger partial charge on any atom is 0.300 e. The van der Waals surface area contributed by atoms with E-state index in [1.54, 1.807) is 60.7 Å². The van der Waals surface area contributed by atoms with Gasteiger partial charge < -0.3 is 24.1 Å².